The van der Waals surface area contributed by atoms with Gasteiger partial charge in [-0.05, 0) is 55.3 Å². The van der Waals surface area contributed by atoms with Gasteiger partial charge in [-0.15, -0.1) is 0 Å². The average molecular weight is 501 g/mol. The predicted molar refractivity (Wildman–Crippen MR) is 124 cm³/mol. The van der Waals surface area contributed by atoms with E-state index in [1.165, 1.54) is 0 Å². The van der Waals surface area contributed by atoms with Crippen LogP contribution >= 0.6 is 15.9 Å². The molecule has 1 heterocycles. The molecule has 7 nitrogen and oxygen atoms in total. The van der Waals surface area contributed by atoms with Gasteiger partial charge in [0.15, 0.2) is 0 Å². The van der Waals surface area contributed by atoms with Crippen molar-refractivity contribution in [2.75, 3.05) is 32.8 Å². The Morgan fingerprint density at radius 3 is 2.38 bits per heavy atom. The van der Waals surface area contributed by atoms with Crippen LogP contribution in [0.5, 0.6) is 5.75 Å². The zero-order valence-electron chi connectivity index (χ0n) is 17.8. The number of benzene rings is 2. The third kappa shape index (κ3) is 6.43. The van der Waals surface area contributed by atoms with Crippen molar-refractivity contribution >= 4 is 40.0 Å². The van der Waals surface area contributed by atoms with Gasteiger partial charge in [-0.1, -0.05) is 34.1 Å². The SMILES string of the molecule is CCOC(=O)Oc1ccc(C(=O)N2CCCN(C(=O)/C=C/c3ccccc3Br)CC2)cc1. The number of amides is 2. The van der Waals surface area contributed by atoms with Crippen LogP contribution in [0.15, 0.2) is 59.1 Å². The molecule has 1 saturated heterocycles. The summed E-state index contributed by atoms with van der Waals surface area (Å²) < 4.78 is 10.7. The van der Waals surface area contributed by atoms with Crippen molar-refractivity contribution in [3.63, 3.8) is 0 Å². The molecule has 0 N–H and O–H groups in total. The van der Waals surface area contributed by atoms with Gasteiger partial charge < -0.3 is 19.3 Å². The Hall–Kier alpha value is -3.13. The number of ether oxygens (including phenoxy) is 2. The summed E-state index contributed by atoms with van der Waals surface area (Å²) in [6.07, 6.45) is 3.28. The molecule has 3 rings (SSSR count). The molecule has 0 saturated carbocycles. The molecule has 2 aromatic rings. The first kappa shape index (κ1) is 23.5. The summed E-state index contributed by atoms with van der Waals surface area (Å²) in [6, 6.07) is 14.0. The summed E-state index contributed by atoms with van der Waals surface area (Å²) in [5.74, 6) is 0.116. The Morgan fingerprint density at radius 1 is 0.969 bits per heavy atom. The first-order valence-electron chi connectivity index (χ1n) is 10.4. The average Bonchev–Trinajstić information content (AvgIpc) is 3.05. The number of rotatable bonds is 5. The van der Waals surface area contributed by atoms with E-state index in [-0.39, 0.29) is 18.4 Å². The third-order valence-electron chi connectivity index (χ3n) is 4.97. The van der Waals surface area contributed by atoms with Gasteiger partial charge >= 0.3 is 6.16 Å². The second kappa shape index (κ2) is 11.5. The van der Waals surface area contributed by atoms with Crippen LogP contribution in [0.3, 0.4) is 0 Å². The zero-order chi connectivity index (χ0) is 22.9. The summed E-state index contributed by atoms with van der Waals surface area (Å²) in [5.41, 5.74) is 1.43. The highest BCUT2D eigenvalue weighted by Crippen LogP contribution is 2.18. The second-order valence-electron chi connectivity index (χ2n) is 7.14. The zero-order valence-corrected chi connectivity index (χ0v) is 19.4. The van der Waals surface area contributed by atoms with Crippen molar-refractivity contribution in [3.8, 4) is 5.75 Å². The van der Waals surface area contributed by atoms with Crippen molar-refractivity contribution in [2.45, 2.75) is 13.3 Å². The standard InChI is InChI=1S/C24H25BrN2O5/c1-2-31-24(30)32-20-11-8-19(9-12-20)23(29)27-15-5-14-26(16-17-27)22(28)13-10-18-6-3-4-7-21(18)25/h3-4,6-13H,2,5,14-17H2,1H3/b13-10+. The van der Waals surface area contributed by atoms with Gasteiger partial charge in [0, 0.05) is 42.3 Å². The molecule has 0 aromatic heterocycles. The van der Waals surface area contributed by atoms with E-state index in [0.29, 0.717) is 43.9 Å². The summed E-state index contributed by atoms with van der Waals surface area (Å²) in [6.45, 7) is 4.00. The van der Waals surface area contributed by atoms with E-state index in [0.717, 1.165) is 10.0 Å². The van der Waals surface area contributed by atoms with Crippen LogP contribution < -0.4 is 4.74 Å². The fraction of sp³-hybridized carbons (Fsp3) is 0.292. The minimum absolute atomic E-state index is 0.0736. The lowest BCUT2D eigenvalue weighted by Gasteiger charge is -2.21. The molecule has 0 bridgehead atoms. The van der Waals surface area contributed by atoms with Crippen molar-refractivity contribution in [1.82, 2.24) is 9.80 Å². The molecule has 0 radical (unpaired) electrons. The first-order chi connectivity index (χ1) is 15.5. The quantitative estimate of drug-likeness (QED) is 0.346. The number of carbonyl (C=O) groups is 3. The van der Waals surface area contributed by atoms with E-state index in [1.807, 2.05) is 24.3 Å². The number of carbonyl (C=O) groups excluding carboxylic acids is 3. The van der Waals surface area contributed by atoms with Crippen LogP contribution in [0.25, 0.3) is 6.08 Å². The molecule has 0 spiro atoms. The Bertz CT molecular complexity index is 990. The molecule has 2 aromatic carbocycles. The molecule has 2 amide bonds. The van der Waals surface area contributed by atoms with Crippen LogP contribution in [-0.2, 0) is 9.53 Å². The number of hydrogen-bond donors (Lipinski definition) is 0. The van der Waals surface area contributed by atoms with Crippen LogP contribution in [0.1, 0.15) is 29.3 Å². The Labute approximate surface area is 195 Å². The van der Waals surface area contributed by atoms with Gasteiger partial charge in [-0.25, -0.2) is 4.79 Å². The van der Waals surface area contributed by atoms with Gasteiger partial charge in [0.25, 0.3) is 5.91 Å². The summed E-state index contributed by atoms with van der Waals surface area (Å²) in [4.78, 5) is 40.4. The molecule has 32 heavy (non-hydrogen) atoms. The fourth-order valence-corrected chi connectivity index (χ4v) is 3.73. The van der Waals surface area contributed by atoms with Crippen LogP contribution in [-0.4, -0.2) is 60.6 Å². The van der Waals surface area contributed by atoms with E-state index >= 15 is 0 Å². The maximum Gasteiger partial charge on any atom is 0.513 e. The number of nitrogens with zero attached hydrogens (tertiary/aromatic N) is 2. The van der Waals surface area contributed by atoms with Crippen molar-refractivity contribution in [3.05, 3.63) is 70.2 Å². The maximum atomic E-state index is 12.9. The van der Waals surface area contributed by atoms with Crippen molar-refractivity contribution < 1.29 is 23.9 Å². The van der Waals surface area contributed by atoms with E-state index in [9.17, 15) is 14.4 Å². The minimum atomic E-state index is -0.780. The smallest absolute Gasteiger partial charge is 0.434 e. The topological polar surface area (TPSA) is 76.2 Å². The Kier molecular flexibility index (Phi) is 8.44. The largest absolute Gasteiger partial charge is 0.513 e. The molecule has 168 valence electrons. The van der Waals surface area contributed by atoms with Crippen molar-refractivity contribution in [2.24, 2.45) is 0 Å². The second-order valence-corrected chi connectivity index (χ2v) is 7.99. The first-order valence-corrected chi connectivity index (χ1v) is 11.2. The van der Waals surface area contributed by atoms with Crippen LogP contribution in [0, 0.1) is 0 Å². The molecule has 0 atom stereocenters. The van der Waals surface area contributed by atoms with E-state index in [4.69, 9.17) is 9.47 Å². The highest BCUT2D eigenvalue weighted by atomic mass is 79.9. The summed E-state index contributed by atoms with van der Waals surface area (Å²) in [7, 11) is 0. The van der Waals surface area contributed by atoms with E-state index in [2.05, 4.69) is 15.9 Å². The van der Waals surface area contributed by atoms with Crippen molar-refractivity contribution in [1.29, 1.82) is 0 Å². The highest BCUT2D eigenvalue weighted by Gasteiger charge is 2.22. The molecule has 1 aliphatic heterocycles. The summed E-state index contributed by atoms with van der Waals surface area (Å²) in [5, 5.41) is 0. The fourth-order valence-electron chi connectivity index (χ4n) is 3.31. The minimum Gasteiger partial charge on any atom is -0.434 e. The normalized spacial score (nSPS) is 14.2. The lowest BCUT2D eigenvalue weighted by Crippen LogP contribution is -2.36. The number of halogens is 1. The van der Waals surface area contributed by atoms with Gasteiger partial charge in [-0.3, -0.25) is 9.59 Å². The lowest BCUT2D eigenvalue weighted by atomic mass is 10.2. The van der Waals surface area contributed by atoms with Crippen LogP contribution in [0.4, 0.5) is 4.79 Å². The Balaban J connectivity index is 1.56. The number of hydrogen-bond acceptors (Lipinski definition) is 5. The molecular weight excluding hydrogens is 476 g/mol. The maximum absolute atomic E-state index is 12.9. The summed E-state index contributed by atoms with van der Waals surface area (Å²) >= 11 is 3.47. The third-order valence-corrected chi connectivity index (χ3v) is 5.69. The monoisotopic (exact) mass is 500 g/mol. The van der Waals surface area contributed by atoms with E-state index in [1.54, 1.807) is 53.1 Å². The molecule has 1 fully saturated rings. The van der Waals surface area contributed by atoms with Gasteiger partial charge in [-0.2, -0.15) is 0 Å². The predicted octanol–water partition coefficient (Wildman–Crippen LogP) is 4.37. The molecule has 8 heteroatoms. The highest BCUT2D eigenvalue weighted by molar-refractivity contribution is 9.10. The molecule has 0 unspecified atom stereocenters. The van der Waals surface area contributed by atoms with Gasteiger partial charge in [0.1, 0.15) is 5.75 Å². The molecular formula is C24H25BrN2O5. The van der Waals surface area contributed by atoms with E-state index < -0.39 is 6.16 Å². The van der Waals surface area contributed by atoms with Gasteiger partial charge in [0.2, 0.25) is 5.91 Å². The molecule has 0 aliphatic carbocycles. The Morgan fingerprint density at radius 2 is 1.66 bits per heavy atom. The lowest BCUT2D eigenvalue weighted by molar-refractivity contribution is -0.125. The van der Waals surface area contributed by atoms with Gasteiger partial charge in [0.05, 0.1) is 6.61 Å². The van der Waals surface area contributed by atoms with Crippen LogP contribution in [0.2, 0.25) is 0 Å². The molecule has 1 aliphatic rings.